The van der Waals surface area contributed by atoms with Crippen molar-refractivity contribution in [2.24, 2.45) is 5.73 Å². The zero-order valence-corrected chi connectivity index (χ0v) is 12.6. The highest BCUT2D eigenvalue weighted by molar-refractivity contribution is 7.80. The minimum Gasteiger partial charge on any atom is -0.389 e. The molecule has 0 saturated carbocycles. The standard InChI is InChI=1S/C16H17FN2S/c1-10-6-11(2)8-13(7-10)19(3)15-5-4-12(17)9-14(15)16(18)20/h4-9H,1-3H3,(H2,18,20). The second-order valence-electron chi connectivity index (χ2n) is 4.93. The van der Waals surface area contributed by atoms with Crippen LogP contribution >= 0.6 is 12.2 Å². The van der Waals surface area contributed by atoms with Gasteiger partial charge in [0.25, 0.3) is 0 Å². The van der Waals surface area contributed by atoms with E-state index >= 15 is 0 Å². The molecule has 0 unspecified atom stereocenters. The van der Waals surface area contributed by atoms with Gasteiger partial charge in [-0.05, 0) is 55.3 Å². The van der Waals surface area contributed by atoms with Crippen LogP contribution in [-0.2, 0) is 0 Å². The molecule has 0 aromatic heterocycles. The Morgan fingerprint density at radius 3 is 2.25 bits per heavy atom. The number of thiocarbonyl (C=S) groups is 1. The summed E-state index contributed by atoms with van der Waals surface area (Å²) in [4.78, 5) is 2.16. The van der Waals surface area contributed by atoms with E-state index in [4.69, 9.17) is 18.0 Å². The molecule has 0 spiro atoms. The normalized spacial score (nSPS) is 10.4. The van der Waals surface area contributed by atoms with Gasteiger partial charge in [-0.25, -0.2) is 4.39 Å². The molecule has 0 aliphatic rings. The molecule has 0 aliphatic heterocycles. The van der Waals surface area contributed by atoms with Crippen molar-refractivity contribution in [1.29, 1.82) is 0 Å². The van der Waals surface area contributed by atoms with E-state index in [2.05, 4.69) is 18.2 Å². The number of hydrogen-bond donors (Lipinski definition) is 1. The fourth-order valence-corrected chi connectivity index (χ4v) is 2.44. The summed E-state index contributed by atoms with van der Waals surface area (Å²) >= 11 is 5.01. The number of hydrogen-bond acceptors (Lipinski definition) is 2. The molecular weight excluding hydrogens is 271 g/mol. The van der Waals surface area contributed by atoms with Crippen LogP contribution in [0.25, 0.3) is 0 Å². The maximum absolute atomic E-state index is 13.4. The smallest absolute Gasteiger partial charge is 0.124 e. The second-order valence-corrected chi connectivity index (χ2v) is 5.37. The lowest BCUT2D eigenvalue weighted by molar-refractivity contribution is 0.627. The van der Waals surface area contributed by atoms with Gasteiger partial charge >= 0.3 is 0 Å². The third kappa shape index (κ3) is 2.96. The largest absolute Gasteiger partial charge is 0.389 e. The lowest BCUT2D eigenvalue weighted by Gasteiger charge is -2.23. The van der Waals surface area contributed by atoms with E-state index in [1.807, 2.05) is 25.8 Å². The topological polar surface area (TPSA) is 29.3 Å². The predicted molar refractivity (Wildman–Crippen MR) is 86.3 cm³/mol. The van der Waals surface area contributed by atoms with Crippen molar-refractivity contribution in [2.75, 3.05) is 11.9 Å². The third-order valence-electron chi connectivity index (χ3n) is 3.18. The summed E-state index contributed by atoms with van der Waals surface area (Å²) in [6, 6.07) is 10.7. The summed E-state index contributed by atoms with van der Waals surface area (Å²) < 4.78 is 13.4. The van der Waals surface area contributed by atoms with Crippen molar-refractivity contribution in [3.63, 3.8) is 0 Å². The Bertz CT molecular complexity index is 647. The highest BCUT2D eigenvalue weighted by atomic mass is 32.1. The molecule has 2 rings (SSSR count). The Kier molecular flexibility index (Phi) is 4.04. The second kappa shape index (κ2) is 5.59. The van der Waals surface area contributed by atoms with Crippen LogP contribution in [-0.4, -0.2) is 12.0 Å². The Morgan fingerprint density at radius 2 is 1.70 bits per heavy atom. The minimum atomic E-state index is -0.342. The summed E-state index contributed by atoms with van der Waals surface area (Å²) in [6.07, 6.45) is 0. The van der Waals surface area contributed by atoms with Gasteiger partial charge < -0.3 is 10.6 Å². The molecular formula is C16H17FN2S. The van der Waals surface area contributed by atoms with E-state index in [-0.39, 0.29) is 10.8 Å². The van der Waals surface area contributed by atoms with Crippen LogP contribution in [0.2, 0.25) is 0 Å². The molecule has 0 atom stereocenters. The van der Waals surface area contributed by atoms with Crippen molar-refractivity contribution in [1.82, 2.24) is 0 Å². The van der Waals surface area contributed by atoms with Crippen LogP contribution in [0, 0.1) is 19.7 Å². The third-order valence-corrected chi connectivity index (χ3v) is 3.40. The quantitative estimate of drug-likeness (QED) is 0.870. The van der Waals surface area contributed by atoms with Crippen molar-refractivity contribution in [3.05, 3.63) is 58.9 Å². The van der Waals surface area contributed by atoms with Crippen molar-refractivity contribution in [2.45, 2.75) is 13.8 Å². The molecule has 2 N–H and O–H groups in total. The zero-order chi connectivity index (χ0) is 14.9. The lowest BCUT2D eigenvalue weighted by atomic mass is 10.1. The van der Waals surface area contributed by atoms with Crippen LogP contribution < -0.4 is 10.6 Å². The van der Waals surface area contributed by atoms with E-state index in [0.29, 0.717) is 5.56 Å². The number of halogens is 1. The molecule has 4 heteroatoms. The van der Waals surface area contributed by atoms with Crippen molar-refractivity contribution in [3.8, 4) is 0 Å². The van der Waals surface area contributed by atoms with Crippen molar-refractivity contribution < 1.29 is 4.39 Å². The van der Waals surface area contributed by atoms with Gasteiger partial charge in [-0.15, -0.1) is 0 Å². The molecule has 0 heterocycles. The zero-order valence-electron chi connectivity index (χ0n) is 11.8. The fourth-order valence-electron chi connectivity index (χ4n) is 2.28. The lowest BCUT2D eigenvalue weighted by Crippen LogP contribution is -2.18. The molecule has 104 valence electrons. The summed E-state index contributed by atoms with van der Waals surface area (Å²) in [5.41, 5.74) is 10.4. The van der Waals surface area contributed by atoms with Gasteiger partial charge in [0.2, 0.25) is 0 Å². The first-order valence-electron chi connectivity index (χ1n) is 6.30. The number of nitrogens with two attached hydrogens (primary N) is 1. The molecule has 0 aliphatic carbocycles. The number of benzene rings is 2. The fraction of sp³-hybridized carbons (Fsp3) is 0.188. The average Bonchev–Trinajstić information content (AvgIpc) is 2.36. The first-order valence-corrected chi connectivity index (χ1v) is 6.70. The highest BCUT2D eigenvalue weighted by Crippen LogP contribution is 2.29. The molecule has 0 saturated heterocycles. The van der Waals surface area contributed by atoms with Crippen LogP contribution in [0.5, 0.6) is 0 Å². The van der Waals surface area contributed by atoms with Crippen molar-refractivity contribution >= 4 is 28.6 Å². The molecule has 0 radical (unpaired) electrons. The van der Waals surface area contributed by atoms with Gasteiger partial charge in [0.1, 0.15) is 10.8 Å². The number of nitrogens with zero attached hydrogens (tertiary/aromatic N) is 1. The summed E-state index contributed by atoms with van der Waals surface area (Å²) in [6.45, 7) is 4.09. The van der Waals surface area contributed by atoms with Gasteiger partial charge in [0.05, 0.1) is 5.69 Å². The molecule has 0 bridgehead atoms. The highest BCUT2D eigenvalue weighted by Gasteiger charge is 2.13. The van der Waals surface area contributed by atoms with Gasteiger partial charge in [0, 0.05) is 18.3 Å². The van der Waals surface area contributed by atoms with Crippen LogP contribution in [0.4, 0.5) is 15.8 Å². The van der Waals surface area contributed by atoms with Gasteiger partial charge in [0.15, 0.2) is 0 Å². The van der Waals surface area contributed by atoms with Crippen LogP contribution in [0.1, 0.15) is 16.7 Å². The molecule has 2 aromatic carbocycles. The molecule has 20 heavy (non-hydrogen) atoms. The van der Waals surface area contributed by atoms with Crippen LogP contribution in [0.3, 0.4) is 0 Å². The Morgan fingerprint density at radius 1 is 1.10 bits per heavy atom. The summed E-state index contributed by atoms with van der Waals surface area (Å²) in [7, 11) is 1.92. The van der Waals surface area contributed by atoms with Crippen LogP contribution in [0.15, 0.2) is 36.4 Å². The SMILES string of the molecule is Cc1cc(C)cc(N(C)c2ccc(F)cc2C(N)=S)c1. The molecule has 0 fully saturated rings. The number of rotatable bonds is 3. The minimum absolute atomic E-state index is 0.190. The Hall–Kier alpha value is -1.94. The predicted octanol–water partition coefficient (Wildman–Crippen LogP) is 3.84. The monoisotopic (exact) mass is 288 g/mol. The average molecular weight is 288 g/mol. The first-order chi connectivity index (χ1) is 9.38. The maximum atomic E-state index is 13.4. The summed E-state index contributed by atoms with van der Waals surface area (Å²) in [5, 5.41) is 0. The summed E-state index contributed by atoms with van der Waals surface area (Å²) in [5.74, 6) is -0.342. The van der Waals surface area contributed by atoms with E-state index in [9.17, 15) is 4.39 Å². The molecule has 0 amide bonds. The van der Waals surface area contributed by atoms with E-state index in [1.165, 1.54) is 23.3 Å². The Balaban J connectivity index is 2.52. The molecule has 2 nitrogen and oxygen atoms in total. The van der Waals surface area contributed by atoms with E-state index < -0.39 is 0 Å². The van der Waals surface area contributed by atoms with E-state index in [0.717, 1.165) is 11.4 Å². The van der Waals surface area contributed by atoms with E-state index in [1.54, 1.807) is 6.07 Å². The first kappa shape index (κ1) is 14.5. The van der Waals surface area contributed by atoms with Gasteiger partial charge in [-0.1, -0.05) is 18.3 Å². The maximum Gasteiger partial charge on any atom is 0.124 e. The molecule has 2 aromatic rings. The van der Waals surface area contributed by atoms with Gasteiger partial charge in [-0.3, -0.25) is 0 Å². The van der Waals surface area contributed by atoms with Gasteiger partial charge in [-0.2, -0.15) is 0 Å². The Labute approximate surface area is 124 Å². The number of aryl methyl sites for hydroxylation is 2. The number of anilines is 2.